The number of hydrogen-bond acceptors (Lipinski definition) is 7. The molecular weight excluding hydrogens is 438 g/mol. The van der Waals surface area contributed by atoms with Crippen LogP contribution in [0.1, 0.15) is 64.0 Å². The molecule has 0 unspecified atom stereocenters. The molecule has 1 aliphatic rings. The first-order valence-electron chi connectivity index (χ1n) is 11.5. The van der Waals surface area contributed by atoms with Gasteiger partial charge in [0, 0.05) is 17.4 Å². The first-order valence-corrected chi connectivity index (χ1v) is 13.3. The molecule has 0 aromatic carbocycles. The summed E-state index contributed by atoms with van der Waals surface area (Å²) in [5.41, 5.74) is 4.10. The first-order chi connectivity index (χ1) is 15.6. The lowest BCUT2D eigenvalue weighted by Gasteiger charge is -2.32. The Morgan fingerprint density at radius 2 is 2.00 bits per heavy atom. The molecule has 5 heterocycles. The molecule has 5 nitrogen and oxygen atoms in total. The molecule has 0 spiro atoms. The summed E-state index contributed by atoms with van der Waals surface area (Å²) in [4.78, 5) is 15.4. The van der Waals surface area contributed by atoms with Crippen LogP contribution in [-0.2, 0) is 17.8 Å². The SMILES string of the molecule is CCCCCCCSc1ncnc2c1sc1nc(-c3ccco3)c3c(c12)CC(C)(C)OC3. The van der Waals surface area contributed by atoms with Gasteiger partial charge in [0.05, 0.1) is 28.7 Å². The number of fused-ring (bicyclic) bond motifs is 5. The molecule has 0 atom stereocenters. The highest BCUT2D eigenvalue weighted by Crippen LogP contribution is 2.44. The number of unbranched alkanes of at least 4 members (excludes halogenated alkanes) is 4. The van der Waals surface area contributed by atoms with Crippen molar-refractivity contribution in [2.24, 2.45) is 0 Å². The number of pyridine rings is 1. The van der Waals surface area contributed by atoms with Crippen molar-refractivity contribution in [3.8, 4) is 11.5 Å². The maximum atomic E-state index is 6.17. The van der Waals surface area contributed by atoms with E-state index in [4.69, 9.17) is 19.1 Å². The van der Waals surface area contributed by atoms with Crippen LogP contribution in [0.15, 0.2) is 34.2 Å². The topological polar surface area (TPSA) is 61.0 Å². The van der Waals surface area contributed by atoms with Crippen LogP contribution in [0.4, 0.5) is 0 Å². The molecule has 5 rings (SSSR count). The third-order valence-corrected chi connectivity index (χ3v) is 8.32. The zero-order valence-electron chi connectivity index (χ0n) is 18.9. The molecule has 0 bridgehead atoms. The second kappa shape index (κ2) is 9.12. The first kappa shape index (κ1) is 21.9. The Kier molecular flexibility index (Phi) is 6.23. The zero-order valence-corrected chi connectivity index (χ0v) is 20.6. The molecule has 0 aliphatic carbocycles. The minimum Gasteiger partial charge on any atom is -0.463 e. The maximum Gasteiger partial charge on any atom is 0.152 e. The second-order valence-electron chi connectivity index (χ2n) is 9.02. The van der Waals surface area contributed by atoms with Gasteiger partial charge in [0.2, 0.25) is 0 Å². The van der Waals surface area contributed by atoms with E-state index in [9.17, 15) is 0 Å². The Morgan fingerprint density at radius 3 is 2.81 bits per heavy atom. The highest BCUT2D eigenvalue weighted by atomic mass is 32.2. The predicted molar refractivity (Wildman–Crippen MR) is 132 cm³/mol. The fourth-order valence-electron chi connectivity index (χ4n) is 4.38. The highest BCUT2D eigenvalue weighted by molar-refractivity contribution is 7.99. The molecule has 0 radical (unpaired) electrons. The third-order valence-electron chi connectivity index (χ3n) is 6.04. The normalized spacial score (nSPS) is 15.5. The van der Waals surface area contributed by atoms with Gasteiger partial charge in [0.25, 0.3) is 0 Å². The van der Waals surface area contributed by atoms with Gasteiger partial charge in [-0.15, -0.1) is 23.1 Å². The summed E-state index contributed by atoms with van der Waals surface area (Å²) in [5, 5.41) is 2.24. The molecule has 4 aromatic heterocycles. The van der Waals surface area contributed by atoms with E-state index in [1.165, 1.54) is 43.1 Å². The van der Waals surface area contributed by atoms with Crippen LogP contribution in [0.3, 0.4) is 0 Å². The summed E-state index contributed by atoms with van der Waals surface area (Å²) in [6.07, 6.45) is 10.7. The van der Waals surface area contributed by atoms with Gasteiger partial charge in [0.15, 0.2) is 5.76 Å². The summed E-state index contributed by atoms with van der Waals surface area (Å²) in [7, 11) is 0. The Morgan fingerprint density at radius 1 is 1.12 bits per heavy atom. The van der Waals surface area contributed by atoms with E-state index < -0.39 is 0 Å². The summed E-state index contributed by atoms with van der Waals surface area (Å²) in [6, 6.07) is 3.88. The fourth-order valence-corrected chi connectivity index (χ4v) is 6.62. The number of aromatic nitrogens is 3. The van der Waals surface area contributed by atoms with Crippen molar-refractivity contribution in [3.05, 3.63) is 35.9 Å². The van der Waals surface area contributed by atoms with Crippen LogP contribution >= 0.6 is 23.1 Å². The molecule has 0 saturated heterocycles. The fraction of sp³-hybridized carbons (Fsp3) is 0.480. The van der Waals surface area contributed by atoms with Crippen LogP contribution in [0.5, 0.6) is 0 Å². The van der Waals surface area contributed by atoms with Gasteiger partial charge in [-0.2, -0.15) is 0 Å². The molecule has 0 saturated carbocycles. The standard InChI is InChI=1S/C25H29N3O2S2/c1-4-5-6-7-8-12-31-24-22-21(26-15-27-24)19-16-13-25(2,3)30-14-17(16)20(28-23(19)32-22)18-10-9-11-29-18/h9-11,15H,4-8,12-14H2,1-3H3. The number of hydrogen-bond donors (Lipinski definition) is 0. The van der Waals surface area contributed by atoms with E-state index >= 15 is 0 Å². The lowest BCUT2D eigenvalue weighted by molar-refractivity contribution is -0.0395. The largest absolute Gasteiger partial charge is 0.463 e. The smallest absolute Gasteiger partial charge is 0.152 e. The third kappa shape index (κ3) is 4.18. The average molecular weight is 468 g/mol. The summed E-state index contributed by atoms with van der Waals surface area (Å²) in [6.45, 7) is 7.09. The Labute approximate surface area is 197 Å². The van der Waals surface area contributed by atoms with Gasteiger partial charge >= 0.3 is 0 Å². The van der Waals surface area contributed by atoms with Crippen LogP contribution in [0, 0.1) is 0 Å². The van der Waals surface area contributed by atoms with Crippen molar-refractivity contribution < 1.29 is 9.15 Å². The number of nitrogens with zero attached hydrogens (tertiary/aromatic N) is 3. The zero-order chi connectivity index (χ0) is 22.1. The molecule has 0 fully saturated rings. The number of thioether (sulfide) groups is 1. The minimum atomic E-state index is -0.223. The summed E-state index contributed by atoms with van der Waals surface area (Å²) in [5.74, 6) is 1.88. The lowest BCUT2D eigenvalue weighted by Crippen LogP contribution is -2.32. The summed E-state index contributed by atoms with van der Waals surface area (Å²) >= 11 is 3.56. The second-order valence-corrected chi connectivity index (χ2v) is 11.1. The number of thiophene rings is 1. The molecule has 4 aromatic rings. The van der Waals surface area contributed by atoms with E-state index in [1.54, 1.807) is 23.9 Å². The van der Waals surface area contributed by atoms with Gasteiger partial charge < -0.3 is 9.15 Å². The van der Waals surface area contributed by atoms with E-state index in [0.29, 0.717) is 6.61 Å². The Balaban J connectivity index is 1.58. The minimum absolute atomic E-state index is 0.223. The van der Waals surface area contributed by atoms with Crippen molar-refractivity contribution >= 4 is 43.5 Å². The molecule has 0 amide bonds. The van der Waals surface area contributed by atoms with Crippen molar-refractivity contribution in [2.75, 3.05) is 5.75 Å². The van der Waals surface area contributed by atoms with Crippen molar-refractivity contribution in [2.45, 2.75) is 76.5 Å². The molecule has 32 heavy (non-hydrogen) atoms. The van der Waals surface area contributed by atoms with Crippen LogP contribution in [-0.4, -0.2) is 26.3 Å². The van der Waals surface area contributed by atoms with E-state index in [2.05, 4.69) is 25.8 Å². The van der Waals surface area contributed by atoms with Gasteiger partial charge in [-0.25, -0.2) is 15.0 Å². The van der Waals surface area contributed by atoms with Gasteiger partial charge in [-0.1, -0.05) is 32.6 Å². The van der Waals surface area contributed by atoms with Crippen LogP contribution in [0.2, 0.25) is 0 Å². The van der Waals surface area contributed by atoms with Crippen LogP contribution < -0.4 is 0 Å². The number of furan rings is 1. The molecule has 168 valence electrons. The van der Waals surface area contributed by atoms with Gasteiger partial charge in [-0.05, 0) is 43.7 Å². The van der Waals surface area contributed by atoms with Crippen molar-refractivity contribution in [3.63, 3.8) is 0 Å². The Hall–Kier alpha value is -1.96. The van der Waals surface area contributed by atoms with Crippen LogP contribution in [0.25, 0.3) is 31.9 Å². The number of ether oxygens (including phenoxy) is 1. The van der Waals surface area contributed by atoms with Crippen molar-refractivity contribution in [1.82, 2.24) is 15.0 Å². The lowest BCUT2D eigenvalue weighted by atomic mass is 9.89. The average Bonchev–Trinajstić information content (AvgIpc) is 3.43. The maximum absolute atomic E-state index is 6.17. The number of rotatable bonds is 8. The molecule has 7 heteroatoms. The quantitative estimate of drug-likeness (QED) is 0.153. The molecule has 0 N–H and O–H groups in total. The monoisotopic (exact) mass is 467 g/mol. The van der Waals surface area contributed by atoms with Crippen molar-refractivity contribution in [1.29, 1.82) is 0 Å². The summed E-state index contributed by atoms with van der Waals surface area (Å²) < 4.78 is 13.1. The predicted octanol–water partition coefficient (Wildman–Crippen LogP) is 7.41. The highest BCUT2D eigenvalue weighted by Gasteiger charge is 2.32. The Bertz CT molecular complexity index is 1230. The van der Waals surface area contributed by atoms with E-state index in [1.807, 2.05) is 23.9 Å². The molecule has 1 aliphatic heterocycles. The van der Waals surface area contributed by atoms with Gasteiger partial charge in [0.1, 0.15) is 21.9 Å². The van der Waals surface area contributed by atoms with E-state index in [-0.39, 0.29) is 5.60 Å². The van der Waals surface area contributed by atoms with Gasteiger partial charge in [-0.3, -0.25) is 0 Å². The van der Waals surface area contributed by atoms with E-state index in [0.717, 1.165) is 49.3 Å². The molecular formula is C25H29N3O2S2.